The van der Waals surface area contributed by atoms with Crippen molar-refractivity contribution in [3.05, 3.63) is 36.6 Å². The number of hydrogen-bond donors (Lipinski definition) is 0. The third-order valence-corrected chi connectivity index (χ3v) is 3.17. The lowest BCUT2D eigenvalue weighted by Crippen LogP contribution is -2.28. The van der Waals surface area contributed by atoms with Gasteiger partial charge in [0.1, 0.15) is 0 Å². The van der Waals surface area contributed by atoms with Crippen LogP contribution in [0.3, 0.4) is 0 Å². The van der Waals surface area contributed by atoms with Gasteiger partial charge in [0.05, 0.1) is 6.61 Å². The first-order valence-electron chi connectivity index (χ1n) is 7.28. The molecule has 26 heavy (non-hydrogen) atoms. The molecule has 1 heterocycles. The lowest BCUT2D eigenvalue weighted by Gasteiger charge is -2.05. The van der Waals surface area contributed by atoms with Crippen molar-refractivity contribution in [2.24, 2.45) is 0 Å². The highest BCUT2D eigenvalue weighted by Crippen LogP contribution is 2.28. The summed E-state index contributed by atoms with van der Waals surface area (Å²) < 4.78 is 70.5. The molecular weight excluding hydrogens is 379 g/mol. The van der Waals surface area contributed by atoms with Gasteiger partial charge in [-0.25, -0.2) is 0 Å². The van der Waals surface area contributed by atoms with Crippen LogP contribution in [0.15, 0.2) is 41.0 Å². The highest BCUT2D eigenvalue weighted by atomic mass is 32.2. The van der Waals surface area contributed by atoms with Crippen molar-refractivity contribution in [3.63, 3.8) is 0 Å². The van der Waals surface area contributed by atoms with Gasteiger partial charge < -0.3 is 13.3 Å². The second-order valence-electron chi connectivity index (χ2n) is 3.89. The summed E-state index contributed by atoms with van der Waals surface area (Å²) in [6.07, 6.45) is 0.686. The zero-order chi connectivity index (χ0) is 20.2. The largest absolute Gasteiger partial charge is 0.534 e. The highest BCUT2D eigenvalue weighted by molar-refractivity contribution is 7.87. The molecule has 0 aliphatic rings. The predicted octanol–water partition coefficient (Wildman–Crippen LogP) is 3.78. The predicted molar refractivity (Wildman–Crippen MR) is 86.6 cm³/mol. The summed E-state index contributed by atoms with van der Waals surface area (Å²) in [5, 5.41) is 0. The molecule has 0 saturated carbocycles. The standard InChI is InChI=1S/C10H6F3NO4S.C3H6O2.C2H6/c11-10(12,13)19(15,16)18-8-6-17-9(14-8)7-4-2-1-3-5-7;1-2-5-3-4;1-2/h1-6H;3H,2H2,1H3;1-2H3. The highest BCUT2D eigenvalue weighted by Gasteiger charge is 2.49. The molecule has 2 aromatic rings. The SMILES string of the molecule is CC.CCOC=O.O=S(=O)(Oc1coc(-c2ccccc2)n1)C(F)(F)F. The summed E-state index contributed by atoms with van der Waals surface area (Å²) in [5.41, 5.74) is -5.04. The Labute approximate surface area is 148 Å². The van der Waals surface area contributed by atoms with E-state index in [4.69, 9.17) is 4.42 Å². The smallest absolute Gasteiger partial charge is 0.468 e. The molecular formula is C15H18F3NO6S. The Kier molecular flexibility index (Phi) is 10.0. The number of oxazole rings is 1. The van der Waals surface area contributed by atoms with Gasteiger partial charge >= 0.3 is 15.6 Å². The van der Waals surface area contributed by atoms with E-state index in [0.717, 1.165) is 0 Å². The van der Waals surface area contributed by atoms with Gasteiger partial charge in [0.25, 0.3) is 12.4 Å². The molecule has 0 amide bonds. The van der Waals surface area contributed by atoms with Crippen molar-refractivity contribution in [1.82, 2.24) is 4.98 Å². The molecule has 0 aliphatic carbocycles. The average Bonchev–Trinajstić information content (AvgIpc) is 3.06. The van der Waals surface area contributed by atoms with Crippen LogP contribution >= 0.6 is 0 Å². The van der Waals surface area contributed by atoms with E-state index in [0.29, 0.717) is 24.9 Å². The molecule has 0 aliphatic heterocycles. The lowest BCUT2D eigenvalue weighted by atomic mass is 10.2. The van der Waals surface area contributed by atoms with Gasteiger partial charge in [0, 0.05) is 5.56 Å². The molecule has 0 saturated heterocycles. The Morgan fingerprint density at radius 2 is 1.77 bits per heavy atom. The van der Waals surface area contributed by atoms with Gasteiger partial charge in [0.2, 0.25) is 5.89 Å². The molecule has 0 fully saturated rings. The summed E-state index contributed by atoms with van der Waals surface area (Å²) in [5.74, 6) is -0.829. The van der Waals surface area contributed by atoms with Gasteiger partial charge in [-0.2, -0.15) is 26.6 Å². The van der Waals surface area contributed by atoms with E-state index >= 15 is 0 Å². The van der Waals surface area contributed by atoms with E-state index in [-0.39, 0.29) is 5.89 Å². The molecule has 0 unspecified atom stereocenters. The minimum Gasteiger partial charge on any atom is -0.468 e. The molecule has 0 bridgehead atoms. The van der Waals surface area contributed by atoms with E-state index < -0.39 is 21.5 Å². The Hall–Kier alpha value is -2.56. The van der Waals surface area contributed by atoms with Crippen LogP contribution in [0.2, 0.25) is 0 Å². The summed E-state index contributed by atoms with van der Waals surface area (Å²) in [6, 6.07) is 8.22. The Morgan fingerprint density at radius 3 is 2.19 bits per heavy atom. The van der Waals surface area contributed by atoms with Crippen LogP contribution in [-0.2, 0) is 19.6 Å². The minimum atomic E-state index is -5.74. The number of carbonyl (C=O) groups excluding carboxylic acids is 1. The average molecular weight is 397 g/mol. The number of alkyl halides is 3. The zero-order valence-corrected chi connectivity index (χ0v) is 15.0. The molecule has 7 nitrogen and oxygen atoms in total. The van der Waals surface area contributed by atoms with Crippen LogP contribution in [0.25, 0.3) is 11.5 Å². The number of aromatic nitrogens is 1. The first kappa shape index (κ1) is 23.4. The molecule has 0 spiro atoms. The summed E-state index contributed by atoms with van der Waals surface area (Å²) in [6.45, 7) is 6.66. The number of halogens is 3. The number of benzene rings is 1. The van der Waals surface area contributed by atoms with Crippen molar-refractivity contribution in [2.75, 3.05) is 6.61 Å². The van der Waals surface area contributed by atoms with Gasteiger partial charge in [-0.15, -0.1) is 0 Å². The van der Waals surface area contributed by atoms with Crippen molar-refractivity contribution in [3.8, 4) is 17.3 Å². The molecule has 0 radical (unpaired) electrons. The van der Waals surface area contributed by atoms with Crippen LogP contribution in [0.4, 0.5) is 13.2 Å². The van der Waals surface area contributed by atoms with Crippen molar-refractivity contribution in [1.29, 1.82) is 0 Å². The van der Waals surface area contributed by atoms with Crippen LogP contribution in [-0.4, -0.2) is 32.0 Å². The molecule has 2 rings (SSSR count). The first-order valence-corrected chi connectivity index (χ1v) is 8.69. The topological polar surface area (TPSA) is 95.7 Å². The lowest BCUT2D eigenvalue weighted by molar-refractivity contribution is -0.128. The van der Waals surface area contributed by atoms with Gasteiger partial charge in [-0.1, -0.05) is 32.0 Å². The molecule has 0 atom stereocenters. The Morgan fingerprint density at radius 1 is 1.19 bits per heavy atom. The van der Waals surface area contributed by atoms with E-state index in [2.05, 4.69) is 13.9 Å². The normalized spacial score (nSPS) is 10.5. The van der Waals surface area contributed by atoms with Crippen molar-refractivity contribution >= 4 is 16.6 Å². The molecule has 146 valence electrons. The monoisotopic (exact) mass is 397 g/mol. The van der Waals surface area contributed by atoms with E-state index in [9.17, 15) is 26.4 Å². The number of rotatable bonds is 5. The summed E-state index contributed by atoms with van der Waals surface area (Å²) in [7, 11) is -5.74. The first-order chi connectivity index (χ1) is 12.2. The fourth-order valence-corrected chi connectivity index (χ4v) is 1.63. The molecule has 1 aromatic carbocycles. The van der Waals surface area contributed by atoms with Crippen LogP contribution in [0.1, 0.15) is 20.8 Å². The fraction of sp³-hybridized carbons (Fsp3) is 0.333. The minimum absolute atomic E-state index is 0.0482. The maximum Gasteiger partial charge on any atom is 0.534 e. The van der Waals surface area contributed by atoms with E-state index in [1.54, 1.807) is 37.3 Å². The summed E-state index contributed by atoms with van der Waals surface area (Å²) >= 11 is 0. The number of hydrogen-bond acceptors (Lipinski definition) is 7. The molecule has 11 heteroatoms. The number of nitrogens with zero attached hydrogens (tertiary/aromatic N) is 1. The van der Waals surface area contributed by atoms with Gasteiger partial charge in [-0.3, -0.25) is 4.79 Å². The number of carbonyl (C=O) groups is 1. The number of ether oxygens (including phenoxy) is 1. The maximum atomic E-state index is 12.1. The van der Waals surface area contributed by atoms with E-state index in [1.807, 2.05) is 13.8 Å². The third-order valence-electron chi connectivity index (χ3n) is 2.22. The zero-order valence-electron chi connectivity index (χ0n) is 14.2. The van der Waals surface area contributed by atoms with E-state index in [1.165, 1.54) is 0 Å². The van der Waals surface area contributed by atoms with Crippen LogP contribution < -0.4 is 4.18 Å². The van der Waals surface area contributed by atoms with Crippen molar-refractivity contribution < 1.29 is 39.7 Å². The second-order valence-corrected chi connectivity index (χ2v) is 5.43. The Bertz CT molecular complexity index is 744. The second kappa shape index (κ2) is 11.1. The summed E-state index contributed by atoms with van der Waals surface area (Å²) in [4.78, 5) is 12.7. The van der Waals surface area contributed by atoms with Gasteiger partial charge in [0.15, 0.2) is 6.26 Å². The van der Waals surface area contributed by atoms with Crippen LogP contribution in [0.5, 0.6) is 5.88 Å². The third kappa shape index (κ3) is 7.55. The Balaban J connectivity index is 0.000000772. The van der Waals surface area contributed by atoms with Crippen LogP contribution in [0, 0.1) is 0 Å². The maximum absolute atomic E-state index is 12.1. The fourth-order valence-electron chi connectivity index (χ4n) is 1.24. The molecule has 1 aromatic heterocycles. The van der Waals surface area contributed by atoms with Gasteiger partial charge in [-0.05, 0) is 19.1 Å². The van der Waals surface area contributed by atoms with Crippen molar-refractivity contribution in [2.45, 2.75) is 26.3 Å². The molecule has 0 N–H and O–H groups in total. The quantitative estimate of drug-likeness (QED) is 0.430.